The third kappa shape index (κ3) is 14.7. The molecule has 22 heavy (non-hydrogen) atoms. The second-order valence-corrected chi connectivity index (χ2v) is 9.48. The molecule has 1 saturated heterocycles. The molecule has 1 heterocycles. The van der Waals surface area contributed by atoms with E-state index in [-0.39, 0.29) is 24.0 Å². The van der Waals surface area contributed by atoms with Gasteiger partial charge >= 0.3 is 0 Å². The van der Waals surface area contributed by atoms with Crippen molar-refractivity contribution in [1.29, 1.82) is 0 Å². The van der Waals surface area contributed by atoms with Gasteiger partial charge in [-0.1, -0.05) is 84.0 Å². The van der Waals surface area contributed by atoms with E-state index in [4.69, 9.17) is 0 Å². The van der Waals surface area contributed by atoms with Gasteiger partial charge < -0.3 is 24.0 Å². The quantitative estimate of drug-likeness (QED) is 0.206. The van der Waals surface area contributed by atoms with Crippen LogP contribution < -0.4 is 24.0 Å². The zero-order chi connectivity index (χ0) is 15.0. The Kier molecular flexibility index (Phi) is 19.3. The highest BCUT2D eigenvalue weighted by molar-refractivity contribution is 7.97. The van der Waals surface area contributed by atoms with Gasteiger partial charge in [-0.15, -0.1) is 0 Å². The molecule has 1 aliphatic heterocycles. The van der Waals surface area contributed by atoms with Gasteiger partial charge in [-0.05, 0) is 36.6 Å². The highest BCUT2D eigenvalue weighted by atomic mass is 127. The Balaban J connectivity index is 0.00000441. The van der Waals surface area contributed by atoms with E-state index < -0.39 is 0 Å². The third-order valence-corrected chi connectivity index (χ3v) is 7.50. The first-order valence-electron chi connectivity index (χ1n) is 10.1. The van der Waals surface area contributed by atoms with Crippen molar-refractivity contribution in [1.82, 2.24) is 0 Å². The van der Waals surface area contributed by atoms with Crippen LogP contribution in [0.15, 0.2) is 0 Å². The third-order valence-electron chi connectivity index (χ3n) is 4.90. The Morgan fingerprint density at radius 1 is 0.545 bits per heavy atom. The Bertz CT molecular complexity index is 202. The summed E-state index contributed by atoms with van der Waals surface area (Å²) >= 11 is 0. The first-order valence-corrected chi connectivity index (χ1v) is 11.8. The minimum Gasteiger partial charge on any atom is -1.00 e. The van der Waals surface area contributed by atoms with Crippen LogP contribution in [0.4, 0.5) is 0 Å². The van der Waals surface area contributed by atoms with Crippen LogP contribution >= 0.6 is 0 Å². The first-order chi connectivity index (χ1) is 10.4. The summed E-state index contributed by atoms with van der Waals surface area (Å²) in [6, 6.07) is 0. The number of halogens is 1. The largest absolute Gasteiger partial charge is 1.00 e. The van der Waals surface area contributed by atoms with Crippen LogP contribution in [-0.2, 0) is 10.9 Å². The lowest BCUT2D eigenvalue weighted by molar-refractivity contribution is -0.00000464. The molecule has 0 aromatic carbocycles. The van der Waals surface area contributed by atoms with E-state index in [1.807, 2.05) is 0 Å². The van der Waals surface area contributed by atoms with Crippen LogP contribution in [0.5, 0.6) is 0 Å². The highest BCUT2D eigenvalue weighted by Crippen LogP contribution is 2.17. The average Bonchev–Trinajstić information content (AvgIpc) is 3.01. The zero-order valence-electron chi connectivity index (χ0n) is 15.2. The Labute approximate surface area is 161 Å². The molecular formula is C20H41IS. The second kappa shape index (κ2) is 18.4. The van der Waals surface area contributed by atoms with Gasteiger partial charge in [0.2, 0.25) is 0 Å². The maximum atomic E-state index is 2.30. The maximum absolute atomic E-state index is 2.30. The Hall–Kier alpha value is 1.08. The van der Waals surface area contributed by atoms with Crippen molar-refractivity contribution in [2.45, 2.75) is 110 Å². The summed E-state index contributed by atoms with van der Waals surface area (Å²) in [5.74, 6) is 4.70. The fourth-order valence-electron chi connectivity index (χ4n) is 3.42. The van der Waals surface area contributed by atoms with Gasteiger partial charge in [-0.2, -0.15) is 0 Å². The molecule has 1 aliphatic rings. The molecule has 0 bridgehead atoms. The van der Waals surface area contributed by atoms with Gasteiger partial charge in [-0.3, -0.25) is 0 Å². The van der Waals surface area contributed by atoms with Crippen molar-refractivity contribution in [2.75, 3.05) is 17.3 Å². The summed E-state index contributed by atoms with van der Waals surface area (Å²) in [6.45, 7) is 2.30. The van der Waals surface area contributed by atoms with Crippen molar-refractivity contribution in [3.63, 3.8) is 0 Å². The van der Waals surface area contributed by atoms with Crippen molar-refractivity contribution in [3.8, 4) is 0 Å². The van der Waals surface area contributed by atoms with Crippen LogP contribution in [0.25, 0.3) is 0 Å². The molecule has 0 amide bonds. The topological polar surface area (TPSA) is 0 Å². The molecule has 0 nitrogen and oxygen atoms in total. The maximum Gasteiger partial charge on any atom is 0.108 e. The van der Waals surface area contributed by atoms with Gasteiger partial charge in [0.05, 0.1) is 0 Å². The molecular weight excluding hydrogens is 399 g/mol. The summed E-state index contributed by atoms with van der Waals surface area (Å²) in [6.07, 6.45) is 23.9. The number of hydrogen-bond acceptors (Lipinski definition) is 0. The van der Waals surface area contributed by atoms with E-state index in [1.54, 1.807) is 17.3 Å². The second-order valence-electron chi connectivity index (χ2n) is 7.03. The summed E-state index contributed by atoms with van der Waals surface area (Å²) < 4.78 is 0. The standard InChI is InChI=1S/C20H41S.HI/c1-2-3-4-5-6-7-8-9-10-11-12-13-14-15-18-21-19-16-17-20-21;/h2-20H2,1H3;1H/q+1;/p-1. The molecule has 0 atom stereocenters. The molecule has 0 aromatic rings. The smallest absolute Gasteiger partial charge is 0.108 e. The van der Waals surface area contributed by atoms with Gasteiger partial charge in [0, 0.05) is 0 Å². The monoisotopic (exact) mass is 440 g/mol. The minimum absolute atomic E-state index is 0. The van der Waals surface area contributed by atoms with Crippen molar-refractivity contribution < 1.29 is 24.0 Å². The number of unbranched alkanes of at least 4 members (excludes halogenated alkanes) is 13. The summed E-state index contributed by atoms with van der Waals surface area (Å²) in [7, 11) is 0.857. The predicted octanol–water partition coefficient (Wildman–Crippen LogP) is 3.88. The molecule has 2 heteroatoms. The predicted molar refractivity (Wildman–Crippen MR) is 102 cm³/mol. The fourth-order valence-corrected chi connectivity index (χ4v) is 5.87. The van der Waals surface area contributed by atoms with Crippen molar-refractivity contribution >= 4 is 10.9 Å². The Morgan fingerprint density at radius 2 is 0.909 bits per heavy atom. The molecule has 0 saturated carbocycles. The molecule has 1 rings (SSSR count). The average molecular weight is 441 g/mol. The van der Waals surface area contributed by atoms with Crippen molar-refractivity contribution in [2.24, 2.45) is 0 Å². The molecule has 0 N–H and O–H groups in total. The van der Waals surface area contributed by atoms with E-state index in [1.165, 1.54) is 103 Å². The van der Waals surface area contributed by atoms with E-state index in [0.29, 0.717) is 0 Å². The summed E-state index contributed by atoms with van der Waals surface area (Å²) in [4.78, 5) is 0. The summed E-state index contributed by atoms with van der Waals surface area (Å²) in [5.41, 5.74) is 0. The van der Waals surface area contributed by atoms with Crippen LogP contribution in [-0.4, -0.2) is 17.3 Å². The summed E-state index contributed by atoms with van der Waals surface area (Å²) in [5, 5.41) is 0. The molecule has 0 aliphatic carbocycles. The fraction of sp³-hybridized carbons (Fsp3) is 1.00. The van der Waals surface area contributed by atoms with Gasteiger partial charge in [-0.25, -0.2) is 0 Å². The zero-order valence-corrected chi connectivity index (χ0v) is 18.2. The Morgan fingerprint density at radius 3 is 1.32 bits per heavy atom. The number of hydrogen-bond donors (Lipinski definition) is 0. The lowest BCUT2D eigenvalue weighted by Crippen LogP contribution is -3.00. The SMILES string of the molecule is CCCCCCCCCCCCCCCC[S+]1CCCC1.[I-]. The van der Waals surface area contributed by atoms with Crippen LogP contribution in [0.2, 0.25) is 0 Å². The van der Waals surface area contributed by atoms with E-state index in [9.17, 15) is 0 Å². The van der Waals surface area contributed by atoms with Crippen molar-refractivity contribution in [3.05, 3.63) is 0 Å². The van der Waals surface area contributed by atoms with E-state index in [2.05, 4.69) is 6.92 Å². The van der Waals surface area contributed by atoms with Gasteiger partial charge in [0.25, 0.3) is 0 Å². The van der Waals surface area contributed by atoms with Crippen LogP contribution in [0.1, 0.15) is 110 Å². The van der Waals surface area contributed by atoms with E-state index >= 15 is 0 Å². The van der Waals surface area contributed by atoms with E-state index in [0.717, 1.165) is 10.9 Å². The molecule has 0 radical (unpaired) electrons. The molecule has 134 valence electrons. The lowest BCUT2D eigenvalue weighted by Gasteiger charge is -2.03. The molecule has 1 fully saturated rings. The molecule has 0 spiro atoms. The normalized spacial score (nSPS) is 15.1. The van der Waals surface area contributed by atoms with Gasteiger partial charge in [0.1, 0.15) is 17.3 Å². The lowest BCUT2D eigenvalue weighted by atomic mass is 10.0. The molecule has 0 unspecified atom stereocenters. The van der Waals surface area contributed by atoms with Crippen LogP contribution in [0.3, 0.4) is 0 Å². The minimum atomic E-state index is 0. The highest BCUT2D eigenvalue weighted by Gasteiger charge is 2.22. The number of rotatable bonds is 15. The van der Waals surface area contributed by atoms with Crippen LogP contribution in [0, 0.1) is 0 Å². The van der Waals surface area contributed by atoms with Gasteiger partial charge in [0.15, 0.2) is 0 Å². The molecule has 0 aromatic heterocycles. The first kappa shape index (κ1) is 23.1.